The number of hydrogen-bond donors (Lipinski definition) is 1. The normalized spacial score (nSPS) is 19.9. The number of aromatic nitrogens is 1. The monoisotopic (exact) mass is 284 g/mol. The second kappa shape index (κ2) is 6.29. The Morgan fingerprint density at radius 1 is 1.68 bits per heavy atom. The number of nitrogens with zero attached hydrogens (tertiary/aromatic N) is 3. The molecule has 1 N–H and O–H groups in total. The van der Waals surface area contributed by atoms with Gasteiger partial charge in [0.1, 0.15) is 6.20 Å². The first kappa shape index (κ1) is 14.2. The molecule has 0 saturated carbocycles. The predicted molar refractivity (Wildman–Crippen MR) is 76.8 cm³/mol. The number of nitro groups is 1. The van der Waals surface area contributed by atoms with Crippen molar-refractivity contribution in [3.8, 4) is 0 Å². The lowest BCUT2D eigenvalue weighted by molar-refractivity contribution is -0.380. The van der Waals surface area contributed by atoms with Crippen LogP contribution in [0.4, 0.5) is 10.1 Å². The SMILES string of the molecule is CC(C)NCC1CCCN(c2ncc([N+](=O)[O-])s2)C1. The summed E-state index contributed by atoms with van der Waals surface area (Å²) < 4.78 is 0. The van der Waals surface area contributed by atoms with Gasteiger partial charge >= 0.3 is 5.00 Å². The summed E-state index contributed by atoms with van der Waals surface area (Å²) in [5, 5.41) is 15.0. The molecule has 7 heteroatoms. The Labute approximate surface area is 117 Å². The lowest BCUT2D eigenvalue weighted by Gasteiger charge is -2.32. The Hall–Kier alpha value is -1.21. The van der Waals surface area contributed by atoms with E-state index in [-0.39, 0.29) is 9.92 Å². The summed E-state index contributed by atoms with van der Waals surface area (Å²) in [5.74, 6) is 0.596. The summed E-state index contributed by atoms with van der Waals surface area (Å²) in [6.07, 6.45) is 3.69. The molecule has 2 heterocycles. The molecule has 1 aromatic rings. The van der Waals surface area contributed by atoms with Crippen LogP contribution in [0, 0.1) is 16.0 Å². The van der Waals surface area contributed by atoms with Crippen LogP contribution in [0.3, 0.4) is 0 Å². The maximum atomic E-state index is 10.7. The first-order valence-corrected chi connectivity index (χ1v) is 7.46. The Balaban J connectivity index is 1.94. The van der Waals surface area contributed by atoms with E-state index in [2.05, 4.69) is 29.0 Å². The summed E-state index contributed by atoms with van der Waals surface area (Å²) in [5.41, 5.74) is 0. The van der Waals surface area contributed by atoms with Crippen molar-refractivity contribution in [2.45, 2.75) is 32.7 Å². The van der Waals surface area contributed by atoms with E-state index in [4.69, 9.17) is 0 Å². The third-order valence-corrected chi connectivity index (χ3v) is 4.28. The first-order valence-electron chi connectivity index (χ1n) is 6.65. The molecule has 0 spiro atoms. The fraction of sp³-hybridized carbons (Fsp3) is 0.750. The molecule has 1 aliphatic rings. The van der Waals surface area contributed by atoms with Crippen LogP contribution >= 0.6 is 11.3 Å². The summed E-state index contributed by atoms with van der Waals surface area (Å²) in [6, 6.07) is 0.497. The van der Waals surface area contributed by atoms with Crippen molar-refractivity contribution in [1.82, 2.24) is 10.3 Å². The average molecular weight is 284 g/mol. The van der Waals surface area contributed by atoms with Gasteiger partial charge in [-0.1, -0.05) is 13.8 Å². The van der Waals surface area contributed by atoms with E-state index < -0.39 is 0 Å². The number of rotatable bonds is 5. The highest BCUT2D eigenvalue weighted by molar-refractivity contribution is 7.18. The van der Waals surface area contributed by atoms with Gasteiger partial charge in [0.25, 0.3) is 0 Å². The number of anilines is 1. The van der Waals surface area contributed by atoms with E-state index in [9.17, 15) is 10.1 Å². The molecule has 1 aromatic heterocycles. The zero-order valence-electron chi connectivity index (χ0n) is 11.3. The highest BCUT2D eigenvalue weighted by Gasteiger charge is 2.23. The van der Waals surface area contributed by atoms with Crippen molar-refractivity contribution in [3.05, 3.63) is 16.3 Å². The second-order valence-corrected chi connectivity index (χ2v) is 6.24. The van der Waals surface area contributed by atoms with Gasteiger partial charge in [-0.25, -0.2) is 4.98 Å². The number of hydrogen-bond acceptors (Lipinski definition) is 6. The lowest BCUT2D eigenvalue weighted by atomic mass is 9.98. The molecule has 0 amide bonds. The smallest absolute Gasteiger partial charge is 0.345 e. The summed E-state index contributed by atoms with van der Waals surface area (Å²) in [6.45, 7) is 7.17. The standard InChI is InChI=1S/C12H20N4O2S/c1-9(2)13-6-10-4-3-5-15(8-10)12-14-7-11(19-12)16(17)18/h7,9-10,13H,3-6,8H2,1-2H3. The van der Waals surface area contributed by atoms with Gasteiger partial charge in [-0.2, -0.15) is 0 Å². The maximum absolute atomic E-state index is 10.7. The molecule has 0 radical (unpaired) electrons. The molecule has 1 aliphatic heterocycles. The van der Waals surface area contributed by atoms with E-state index in [1.54, 1.807) is 0 Å². The number of thiazole rings is 1. The van der Waals surface area contributed by atoms with Crippen molar-refractivity contribution < 1.29 is 4.92 Å². The molecule has 6 nitrogen and oxygen atoms in total. The van der Waals surface area contributed by atoms with Gasteiger partial charge in [0.2, 0.25) is 0 Å². The lowest BCUT2D eigenvalue weighted by Crippen LogP contribution is -2.41. The molecule has 1 fully saturated rings. The number of nitrogens with one attached hydrogen (secondary N) is 1. The van der Waals surface area contributed by atoms with Crippen LogP contribution in [-0.2, 0) is 0 Å². The van der Waals surface area contributed by atoms with E-state index in [0.29, 0.717) is 12.0 Å². The minimum Gasteiger partial charge on any atom is -0.348 e. The second-order valence-electron chi connectivity index (χ2n) is 5.26. The molecule has 0 bridgehead atoms. The van der Waals surface area contributed by atoms with Crippen molar-refractivity contribution in [2.24, 2.45) is 5.92 Å². The molecule has 0 aromatic carbocycles. The number of piperidine rings is 1. The quantitative estimate of drug-likeness (QED) is 0.663. The van der Waals surface area contributed by atoms with Gasteiger partial charge in [0, 0.05) is 19.1 Å². The minimum absolute atomic E-state index is 0.123. The van der Waals surface area contributed by atoms with Crippen LogP contribution in [0.1, 0.15) is 26.7 Å². The zero-order chi connectivity index (χ0) is 13.8. The highest BCUT2D eigenvalue weighted by atomic mass is 32.1. The Bertz CT molecular complexity index is 435. The molecule has 2 rings (SSSR count). The fourth-order valence-electron chi connectivity index (χ4n) is 2.30. The Morgan fingerprint density at radius 3 is 3.11 bits per heavy atom. The van der Waals surface area contributed by atoms with E-state index in [1.807, 2.05) is 0 Å². The van der Waals surface area contributed by atoms with Crippen LogP contribution < -0.4 is 10.2 Å². The molecular weight excluding hydrogens is 264 g/mol. The highest BCUT2D eigenvalue weighted by Crippen LogP contribution is 2.31. The topological polar surface area (TPSA) is 71.3 Å². The molecule has 1 atom stereocenters. The Morgan fingerprint density at radius 2 is 2.47 bits per heavy atom. The van der Waals surface area contributed by atoms with Crippen LogP contribution in [-0.4, -0.2) is 35.6 Å². The van der Waals surface area contributed by atoms with Crippen LogP contribution in [0.5, 0.6) is 0 Å². The maximum Gasteiger partial charge on any atom is 0.345 e. The predicted octanol–water partition coefficient (Wildman–Crippen LogP) is 2.27. The van der Waals surface area contributed by atoms with Gasteiger partial charge in [0.15, 0.2) is 5.13 Å². The largest absolute Gasteiger partial charge is 0.348 e. The summed E-state index contributed by atoms with van der Waals surface area (Å²) in [4.78, 5) is 16.7. The van der Waals surface area contributed by atoms with Crippen LogP contribution in [0.2, 0.25) is 0 Å². The first-order chi connectivity index (χ1) is 9.06. The summed E-state index contributed by atoms with van der Waals surface area (Å²) >= 11 is 1.17. The summed E-state index contributed by atoms with van der Waals surface area (Å²) in [7, 11) is 0. The van der Waals surface area contributed by atoms with Crippen LogP contribution in [0.25, 0.3) is 0 Å². The van der Waals surface area contributed by atoms with Gasteiger partial charge in [-0.15, -0.1) is 0 Å². The van der Waals surface area contributed by atoms with E-state index in [0.717, 1.165) is 31.2 Å². The van der Waals surface area contributed by atoms with Crippen molar-refractivity contribution in [3.63, 3.8) is 0 Å². The molecule has 1 saturated heterocycles. The van der Waals surface area contributed by atoms with Gasteiger partial charge in [0.05, 0.1) is 4.92 Å². The van der Waals surface area contributed by atoms with Gasteiger partial charge in [-0.05, 0) is 36.6 Å². The average Bonchev–Trinajstić information content (AvgIpc) is 2.86. The molecule has 0 aliphatic carbocycles. The molecular formula is C12H20N4O2S. The van der Waals surface area contributed by atoms with Crippen molar-refractivity contribution in [1.29, 1.82) is 0 Å². The molecule has 1 unspecified atom stereocenters. The van der Waals surface area contributed by atoms with Crippen LogP contribution in [0.15, 0.2) is 6.20 Å². The van der Waals surface area contributed by atoms with E-state index in [1.165, 1.54) is 24.0 Å². The van der Waals surface area contributed by atoms with Crippen molar-refractivity contribution in [2.75, 3.05) is 24.5 Å². The fourth-order valence-corrected chi connectivity index (χ4v) is 3.06. The van der Waals surface area contributed by atoms with E-state index >= 15 is 0 Å². The third-order valence-electron chi connectivity index (χ3n) is 3.27. The third kappa shape index (κ3) is 3.87. The van der Waals surface area contributed by atoms with Gasteiger partial charge in [-0.3, -0.25) is 10.1 Å². The molecule has 19 heavy (non-hydrogen) atoms. The minimum atomic E-state index is -0.372. The van der Waals surface area contributed by atoms with Gasteiger partial charge < -0.3 is 10.2 Å². The molecule has 106 valence electrons. The zero-order valence-corrected chi connectivity index (χ0v) is 12.2. The van der Waals surface area contributed by atoms with Crippen molar-refractivity contribution >= 4 is 21.5 Å². The Kier molecular flexibility index (Phi) is 4.71.